The smallest absolute Gasteiger partial charge is 0.338 e. The van der Waals surface area contributed by atoms with Gasteiger partial charge in [-0.1, -0.05) is 53.5 Å². The summed E-state index contributed by atoms with van der Waals surface area (Å²) in [5.41, 5.74) is 2.96. The fourth-order valence-corrected chi connectivity index (χ4v) is 3.48. The van der Waals surface area contributed by atoms with E-state index in [0.29, 0.717) is 32.2 Å². The van der Waals surface area contributed by atoms with Gasteiger partial charge in [-0.15, -0.1) is 0 Å². The Kier molecular flexibility index (Phi) is 3.70. The number of hydrogen-bond donors (Lipinski definition) is 1. The quantitative estimate of drug-likeness (QED) is 0.645. The van der Waals surface area contributed by atoms with Gasteiger partial charge in [-0.25, -0.2) is 4.79 Å². The highest BCUT2D eigenvalue weighted by Gasteiger charge is 2.33. The van der Waals surface area contributed by atoms with Crippen LogP contribution in [0, 0.1) is 0 Å². The molecule has 1 N–H and O–H groups in total. The maximum Gasteiger partial charge on any atom is 0.338 e. The van der Waals surface area contributed by atoms with Crippen molar-refractivity contribution in [1.29, 1.82) is 0 Å². The Morgan fingerprint density at radius 3 is 2.42 bits per heavy atom. The van der Waals surface area contributed by atoms with E-state index in [0.717, 1.165) is 18.4 Å². The molecule has 24 heavy (non-hydrogen) atoms. The molecule has 0 bridgehead atoms. The third kappa shape index (κ3) is 2.45. The van der Waals surface area contributed by atoms with Crippen LogP contribution in [-0.4, -0.2) is 16.1 Å². The van der Waals surface area contributed by atoms with Crippen molar-refractivity contribution in [1.82, 2.24) is 4.98 Å². The minimum Gasteiger partial charge on any atom is -0.478 e. The largest absolute Gasteiger partial charge is 0.478 e. The van der Waals surface area contributed by atoms with E-state index in [4.69, 9.17) is 23.2 Å². The Morgan fingerprint density at radius 1 is 1.08 bits per heavy atom. The molecule has 1 heterocycles. The Morgan fingerprint density at radius 2 is 1.79 bits per heavy atom. The second kappa shape index (κ2) is 5.76. The van der Waals surface area contributed by atoms with Gasteiger partial charge in [-0.2, -0.15) is 0 Å². The Balaban J connectivity index is 2.20. The minimum absolute atomic E-state index is 0.206. The average Bonchev–Trinajstić information content (AvgIpc) is 3.42. The number of pyridine rings is 1. The van der Waals surface area contributed by atoms with Gasteiger partial charge in [-0.3, -0.25) is 4.98 Å². The van der Waals surface area contributed by atoms with Crippen LogP contribution < -0.4 is 0 Å². The maximum atomic E-state index is 12.1. The number of fused-ring (bicyclic) bond motifs is 1. The van der Waals surface area contributed by atoms with Gasteiger partial charge in [0.2, 0.25) is 0 Å². The molecule has 0 spiro atoms. The molecule has 2 aromatic carbocycles. The number of hydrogen-bond acceptors (Lipinski definition) is 2. The second-order valence-corrected chi connectivity index (χ2v) is 6.73. The fourth-order valence-electron chi connectivity index (χ4n) is 3.07. The van der Waals surface area contributed by atoms with E-state index < -0.39 is 5.97 Å². The molecule has 0 radical (unpaired) electrons. The zero-order chi connectivity index (χ0) is 16.8. The van der Waals surface area contributed by atoms with Crippen molar-refractivity contribution >= 4 is 40.1 Å². The van der Waals surface area contributed by atoms with Crippen molar-refractivity contribution in [2.45, 2.75) is 18.8 Å². The summed E-state index contributed by atoms with van der Waals surface area (Å²) in [6, 6.07) is 12.9. The van der Waals surface area contributed by atoms with Crippen LogP contribution in [0.15, 0.2) is 42.5 Å². The van der Waals surface area contributed by atoms with Crippen molar-refractivity contribution in [2.75, 3.05) is 0 Å². The van der Waals surface area contributed by atoms with E-state index in [9.17, 15) is 9.90 Å². The Labute approximate surface area is 148 Å². The molecule has 4 rings (SSSR count). The molecule has 120 valence electrons. The highest BCUT2D eigenvalue weighted by molar-refractivity contribution is 6.46. The van der Waals surface area contributed by atoms with Crippen LogP contribution in [0.25, 0.3) is 22.0 Å². The first-order chi connectivity index (χ1) is 11.6. The topological polar surface area (TPSA) is 50.2 Å². The number of carboxylic acids is 1. The molecule has 0 atom stereocenters. The van der Waals surface area contributed by atoms with E-state index in [1.54, 1.807) is 12.1 Å². The normalized spacial score (nSPS) is 14.1. The number of nitrogens with zero attached hydrogens (tertiary/aromatic N) is 1. The van der Waals surface area contributed by atoms with Gasteiger partial charge in [0.05, 0.1) is 26.8 Å². The summed E-state index contributed by atoms with van der Waals surface area (Å²) < 4.78 is 0. The molecular formula is C19H13Cl2NO2. The maximum absolute atomic E-state index is 12.1. The number of rotatable bonds is 3. The molecule has 0 saturated heterocycles. The lowest BCUT2D eigenvalue weighted by Crippen LogP contribution is -2.08. The molecule has 1 aliphatic rings. The van der Waals surface area contributed by atoms with Crippen LogP contribution in [0.4, 0.5) is 0 Å². The van der Waals surface area contributed by atoms with E-state index >= 15 is 0 Å². The van der Waals surface area contributed by atoms with E-state index in [-0.39, 0.29) is 11.5 Å². The molecule has 0 aliphatic heterocycles. The highest BCUT2D eigenvalue weighted by Crippen LogP contribution is 2.46. The van der Waals surface area contributed by atoms with Crippen molar-refractivity contribution in [3.05, 3.63) is 63.8 Å². The standard InChI is InChI=1S/C19H13Cl2NO2/c20-12-8-9-13-15(17(12)21)14(10-4-2-1-3-5-10)16(19(23)24)18(22-13)11-6-7-11/h1-5,8-9,11H,6-7H2,(H,23,24). The van der Waals surface area contributed by atoms with Crippen LogP contribution in [0.2, 0.25) is 10.0 Å². The predicted octanol–water partition coefficient (Wildman–Crippen LogP) is 5.78. The summed E-state index contributed by atoms with van der Waals surface area (Å²) in [6.45, 7) is 0. The lowest BCUT2D eigenvalue weighted by molar-refractivity contribution is 0.0696. The van der Waals surface area contributed by atoms with E-state index in [1.807, 2.05) is 30.3 Å². The number of carbonyl (C=O) groups is 1. The SMILES string of the molecule is O=C(O)c1c(C2CC2)nc2ccc(Cl)c(Cl)c2c1-c1ccccc1. The summed E-state index contributed by atoms with van der Waals surface area (Å²) in [7, 11) is 0. The van der Waals surface area contributed by atoms with Gasteiger partial charge < -0.3 is 5.11 Å². The van der Waals surface area contributed by atoms with Gasteiger partial charge >= 0.3 is 5.97 Å². The van der Waals surface area contributed by atoms with Crippen molar-refractivity contribution < 1.29 is 9.90 Å². The van der Waals surface area contributed by atoms with Gasteiger partial charge in [0, 0.05) is 16.9 Å². The number of aromatic carboxylic acids is 1. The second-order valence-electron chi connectivity index (χ2n) is 5.95. The Bertz CT molecular complexity index is 966. The third-order valence-electron chi connectivity index (χ3n) is 4.31. The molecule has 0 amide bonds. The minimum atomic E-state index is -0.985. The molecule has 1 saturated carbocycles. The first kappa shape index (κ1) is 15.4. The van der Waals surface area contributed by atoms with Gasteiger partial charge in [-0.05, 0) is 30.5 Å². The van der Waals surface area contributed by atoms with Crippen LogP contribution in [-0.2, 0) is 0 Å². The summed E-state index contributed by atoms with van der Waals surface area (Å²) in [4.78, 5) is 16.7. The van der Waals surface area contributed by atoms with Crippen molar-refractivity contribution in [3.63, 3.8) is 0 Å². The third-order valence-corrected chi connectivity index (χ3v) is 5.11. The van der Waals surface area contributed by atoms with Crippen molar-refractivity contribution in [3.8, 4) is 11.1 Å². The molecule has 5 heteroatoms. The molecule has 3 nitrogen and oxygen atoms in total. The number of aromatic nitrogens is 1. The summed E-state index contributed by atoms with van der Waals surface area (Å²) in [5.74, 6) is -0.779. The predicted molar refractivity (Wildman–Crippen MR) is 96.1 cm³/mol. The van der Waals surface area contributed by atoms with Gasteiger partial charge in [0.1, 0.15) is 0 Å². The summed E-state index contributed by atoms with van der Waals surface area (Å²) >= 11 is 12.6. The van der Waals surface area contributed by atoms with Gasteiger partial charge in [0.25, 0.3) is 0 Å². The summed E-state index contributed by atoms with van der Waals surface area (Å²) in [6.07, 6.45) is 1.93. The lowest BCUT2D eigenvalue weighted by Gasteiger charge is -2.16. The zero-order valence-corrected chi connectivity index (χ0v) is 14.1. The zero-order valence-electron chi connectivity index (χ0n) is 12.6. The fraction of sp³-hybridized carbons (Fsp3) is 0.158. The first-order valence-electron chi connectivity index (χ1n) is 7.68. The first-order valence-corrected chi connectivity index (χ1v) is 8.44. The number of benzene rings is 2. The van der Waals surface area contributed by atoms with Gasteiger partial charge in [0.15, 0.2) is 0 Å². The van der Waals surface area contributed by atoms with Crippen LogP contribution in [0.1, 0.15) is 34.8 Å². The average molecular weight is 358 g/mol. The molecule has 1 aliphatic carbocycles. The van der Waals surface area contributed by atoms with Crippen LogP contribution in [0.5, 0.6) is 0 Å². The molecule has 1 aromatic heterocycles. The summed E-state index contributed by atoms with van der Waals surface area (Å²) in [5, 5.41) is 11.2. The molecular weight excluding hydrogens is 345 g/mol. The monoisotopic (exact) mass is 357 g/mol. The highest BCUT2D eigenvalue weighted by atomic mass is 35.5. The molecule has 1 fully saturated rings. The Hall–Kier alpha value is -2.10. The van der Waals surface area contributed by atoms with E-state index in [1.165, 1.54) is 0 Å². The lowest BCUT2D eigenvalue weighted by atomic mass is 9.93. The molecule has 3 aromatic rings. The van der Waals surface area contributed by atoms with Crippen LogP contribution in [0.3, 0.4) is 0 Å². The van der Waals surface area contributed by atoms with Crippen molar-refractivity contribution in [2.24, 2.45) is 0 Å². The molecule has 0 unspecified atom stereocenters. The van der Waals surface area contributed by atoms with E-state index in [2.05, 4.69) is 4.98 Å². The number of carboxylic acid groups (broad SMARTS) is 1. The van der Waals surface area contributed by atoms with Crippen LogP contribution >= 0.6 is 23.2 Å². The number of halogens is 2.